The average Bonchev–Trinajstić information content (AvgIpc) is 2.87. The van der Waals surface area contributed by atoms with Crippen molar-refractivity contribution in [2.24, 2.45) is 0 Å². The standard InChI is InChI=1S/C14H13N3O3S2/c1-8-10(12(19)20-2)15-14(22-8)17-13(21)16-11(18)9-6-4-3-5-7-9/h3-7H,1-2H3,(H2,15,16,17,18,21). The number of hydrogen-bond acceptors (Lipinski definition) is 6. The minimum atomic E-state index is -0.513. The third-order valence-electron chi connectivity index (χ3n) is 2.66. The predicted octanol–water partition coefficient (Wildman–Crippen LogP) is 2.36. The van der Waals surface area contributed by atoms with Crippen molar-refractivity contribution in [1.82, 2.24) is 10.3 Å². The van der Waals surface area contributed by atoms with Crippen LogP contribution in [0.15, 0.2) is 30.3 Å². The van der Waals surface area contributed by atoms with Crippen LogP contribution >= 0.6 is 23.6 Å². The van der Waals surface area contributed by atoms with Gasteiger partial charge in [0.25, 0.3) is 5.91 Å². The molecule has 0 atom stereocenters. The molecule has 8 heteroatoms. The summed E-state index contributed by atoms with van der Waals surface area (Å²) in [4.78, 5) is 28.2. The van der Waals surface area contributed by atoms with Crippen molar-refractivity contribution >= 4 is 45.7 Å². The first-order chi connectivity index (χ1) is 10.5. The number of rotatable bonds is 3. The number of aryl methyl sites for hydroxylation is 1. The van der Waals surface area contributed by atoms with Crippen molar-refractivity contribution < 1.29 is 14.3 Å². The van der Waals surface area contributed by atoms with Crippen molar-refractivity contribution in [2.45, 2.75) is 6.92 Å². The van der Waals surface area contributed by atoms with E-state index in [9.17, 15) is 9.59 Å². The van der Waals surface area contributed by atoms with Gasteiger partial charge in [0.15, 0.2) is 15.9 Å². The maximum absolute atomic E-state index is 11.9. The molecule has 22 heavy (non-hydrogen) atoms. The second-order valence-corrected chi connectivity index (χ2v) is 5.80. The van der Waals surface area contributed by atoms with E-state index in [0.29, 0.717) is 15.6 Å². The molecule has 0 aliphatic heterocycles. The van der Waals surface area contributed by atoms with Gasteiger partial charge in [0.2, 0.25) is 0 Å². The largest absolute Gasteiger partial charge is 0.464 e. The fourth-order valence-corrected chi connectivity index (χ4v) is 2.69. The van der Waals surface area contributed by atoms with E-state index in [1.54, 1.807) is 31.2 Å². The minimum absolute atomic E-state index is 0.110. The number of anilines is 1. The fourth-order valence-electron chi connectivity index (χ4n) is 1.63. The third kappa shape index (κ3) is 3.86. The van der Waals surface area contributed by atoms with E-state index in [4.69, 9.17) is 12.2 Å². The number of thiazole rings is 1. The summed E-state index contributed by atoms with van der Waals surface area (Å²) in [6.45, 7) is 1.75. The second kappa shape index (κ2) is 7.10. The number of nitrogens with one attached hydrogen (secondary N) is 2. The Morgan fingerprint density at radius 1 is 1.27 bits per heavy atom. The van der Waals surface area contributed by atoms with E-state index < -0.39 is 5.97 Å². The van der Waals surface area contributed by atoms with E-state index in [2.05, 4.69) is 20.4 Å². The van der Waals surface area contributed by atoms with Crippen LogP contribution in [0, 0.1) is 6.92 Å². The first-order valence-electron chi connectivity index (χ1n) is 6.24. The Morgan fingerprint density at radius 3 is 2.59 bits per heavy atom. The monoisotopic (exact) mass is 335 g/mol. The van der Waals surface area contributed by atoms with Gasteiger partial charge >= 0.3 is 5.97 Å². The van der Waals surface area contributed by atoms with Crippen LogP contribution in [0.25, 0.3) is 0 Å². The molecule has 0 bridgehead atoms. The summed E-state index contributed by atoms with van der Waals surface area (Å²) < 4.78 is 4.63. The number of benzene rings is 1. The molecule has 2 N–H and O–H groups in total. The Hall–Kier alpha value is -2.32. The molecule has 1 aromatic heterocycles. The Bertz CT molecular complexity index is 713. The van der Waals surface area contributed by atoms with Gasteiger partial charge in [0, 0.05) is 10.4 Å². The Balaban J connectivity index is 2.01. The number of aromatic nitrogens is 1. The van der Waals surface area contributed by atoms with Gasteiger partial charge in [-0.3, -0.25) is 10.1 Å². The third-order valence-corrected chi connectivity index (χ3v) is 3.75. The quantitative estimate of drug-likeness (QED) is 0.662. The SMILES string of the molecule is COC(=O)c1nc(NC(=S)NC(=O)c2ccccc2)sc1C. The Morgan fingerprint density at radius 2 is 1.95 bits per heavy atom. The number of carbonyl (C=O) groups is 2. The van der Waals surface area contributed by atoms with Crippen LogP contribution in [0.4, 0.5) is 5.13 Å². The topological polar surface area (TPSA) is 80.3 Å². The highest BCUT2D eigenvalue weighted by Gasteiger charge is 2.16. The molecular weight excluding hydrogens is 322 g/mol. The molecule has 0 aliphatic rings. The van der Waals surface area contributed by atoms with Crippen molar-refractivity contribution in [3.05, 3.63) is 46.5 Å². The molecule has 1 aromatic carbocycles. The van der Waals surface area contributed by atoms with E-state index in [1.165, 1.54) is 18.4 Å². The summed E-state index contributed by atoms with van der Waals surface area (Å²) in [7, 11) is 1.29. The smallest absolute Gasteiger partial charge is 0.357 e. The zero-order valence-corrected chi connectivity index (χ0v) is 13.5. The fraction of sp³-hybridized carbons (Fsp3) is 0.143. The van der Waals surface area contributed by atoms with Crippen molar-refractivity contribution in [3.8, 4) is 0 Å². The highest BCUT2D eigenvalue weighted by Crippen LogP contribution is 2.22. The lowest BCUT2D eigenvalue weighted by atomic mass is 10.2. The molecule has 0 saturated carbocycles. The van der Waals surface area contributed by atoms with Gasteiger partial charge in [0.1, 0.15) is 0 Å². The molecule has 0 fully saturated rings. The highest BCUT2D eigenvalue weighted by molar-refractivity contribution is 7.80. The highest BCUT2D eigenvalue weighted by atomic mass is 32.1. The number of ether oxygens (including phenoxy) is 1. The summed E-state index contributed by atoms with van der Waals surface area (Å²) in [6, 6.07) is 8.71. The summed E-state index contributed by atoms with van der Waals surface area (Å²) >= 11 is 6.31. The molecule has 1 amide bonds. The zero-order valence-electron chi connectivity index (χ0n) is 11.9. The number of amides is 1. The minimum Gasteiger partial charge on any atom is -0.464 e. The Labute approximate surface area is 136 Å². The van der Waals surface area contributed by atoms with Gasteiger partial charge < -0.3 is 10.1 Å². The maximum Gasteiger partial charge on any atom is 0.357 e. The van der Waals surface area contributed by atoms with Gasteiger partial charge in [-0.15, -0.1) is 11.3 Å². The van der Waals surface area contributed by atoms with Crippen LogP contribution in [-0.4, -0.2) is 29.1 Å². The summed E-state index contributed by atoms with van der Waals surface area (Å²) in [5, 5.41) is 5.85. The van der Waals surface area contributed by atoms with Crippen LogP contribution in [0.5, 0.6) is 0 Å². The van der Waals surface area contributed by atoms with Crippen LogP contribution < -0.4 is 10.6 Å². The molecule has 2 aromatic rings. The molecule has 0 unspecified atom stereocenters. The lowest BCUT2D eigenvalue weighted by molar-refractivity contribution is 0.0594. The molecule has 2 rings (SSSR count). The van der Waals surface area contributed by atoms with E-state index in [1.807, 2.05) is 6.07 Å². The van der Waals surface area contributed by atoms with E-state index in [-0.39, 0.29) is 16.7 Å². The summed E-state index contributed by atoms with van der Waals surface area (Å²) in [5.74, 6) is -0.833. The zero-order chi connectivity index (χ0) is 16.1. The van der Waals surface area contributed by atoms with Crippen LogP contribution in [0.2, 0.25) is 0 Å². The maximum atomic E-state index is 11.9. The predicted molar refractivity (Wildman–Crippen MR) is 88.3 cm³/mol. The van der Waals surface area contributed by atoms with Crippen LogP contribution in [0.1, 0.15) is 25.7 Å². The molecule has 0 spiro atoms. The molecule has 0 saturated heterocycles. The molecular formula is C14H13N3O3S2. The van der Waals surface area contributed by atoms with Crippen molar-refractivity contribution in [2.75, 3.05) is 12.4 Å². The number of esters is 1. The van der Waals surface area contributed by atoms with E-state index in [0.717, 1.165) is 0 Å². The molecule has 0 aliphatic carbocycles. The number of hydrogen-bond donors (Lipinski definition) is 2. The van der Waals surface area contributed by atoms with Crippen LogP contribution in [-0.2, 0) is 4.74 Å². The second-order valence-electron chi connectivity index (χ2n) is 4.19. The van der Waals surface area contributed by atoms with E-state index >= 15 is 0 Å². The number of carbonyl (C=O) groups excluding carboxylic acids is 2. The number of thiocarbonyl (C=S) groups is 1. The molecule has 1 heterocycles. The van der Waals surface area contributed by atoms with Gasteiger partial charge in [-0.1, -0.05) is 18.2 Å². The van der Waals surface area contributed by atoms with Gasteiger partial charge in [-0.05, 0) is 31.3 Å². The first-order valence-corrected chi connectivity index (χ1v) is 7.47. The molecule has 0 radical (unpaired) electrons. The first kappa shape index (κ1) is 16.1. The number of methoxy groups -OCH3 is 1. The lowest BCUT2D eigenvalue weighted by Crippen LogP contribution is -2.34. The van der Waals surface area contributed by atoms with Crippen molar-refractivity contribution in [3.63, 3.8) is 0 Å². The molecule has 6 nitrogen and oxygen atoms in total. The summed E-state index contributed by atoms with van der Waals surface area (Å²) in [6.07, 6.45) is 0. The van der Waals surface area contributed by atoms with Gasteiger partial charge in [-0.25, -0.2) is 9.78 Å². The molecule has 114 valence electrons. The summed E-state index contributed by atoms with van der Waals surface area (Å²) in [5.41, 5.74) is 0.726. The Kier molecular flexibility index (Phi) is 5.18. The lowest BCUT2D eigenvalue weighted by Gasteiger charge is -2.06. The van der Waals surface area contributed by atoms with Crippen molar-refractivity contribution in [1.29, 1.82) is 0 Å². The normalized spacial score (nSPS) is 9.91. The van der Waals surface area contributed by atoms with Gasteiger partial charge in [0.05, 0.1) is 7.11 Å². The average molecular weight is 335 g/mol. The van der Waals surface area contributed by atoms with Crippen LogP contribution in [0.3, 0.4) is 0 Å². The van der Waals surface area contributed by atoms with Gasteiger partial charge in [-0.2, -0.15) is 0 Å². The number of nitrogens with zero attached hydrogens (tertiary/aromatic N) is 1.